The van der Waals surface area contributed by atoms with Crippen LogP contribution in [0, 0.1) is 11.8 Å². The highest BCUT2D eigenvalue weighted by atomic mass is 14.5. The van der Waals surface area contributed by atoms with E-state index in [9.17, 15) is 0 Å². The van der Waals surface area contributed by atoms with Gasteiger partial charge in [-0.1, -0.05) is 11.1 Å². The lowest BCUT2D eigenvalue weighted by Gasteiger charge is -2.16. The van der Waals surface area contributed by atoms with Gasteiger partial charge in [0.25, 0.3) is 0 Å². The van der Waals surface area contributed by atoms with Gasteiger partial charge in [-0.05, 0) is 50.4 Å². The van der Waals surface area contributed by atoms with Gasteiger partial charge in [0, 0.05) is 0 Å². The van der Waals surface area contributed by atoms with Crippen LogP contribution in [0.15, 0.2) is 11.1 Å². The second-order valence-electron chi connectivity index (χ2n) is 4.13. The highest BCUT2D eigenvalue weighted by Gasteiger charge is 2.40. The third-order valence-corrected chi connectivity index (χ3v) is 3.76. The molecular weight excluding hydrogens is 120 g/mol. The van der Waals surface area contributed by atoms with Crippen LogP contribution in [-0.2, 0) is 0 Å². The average molecular weight is 134 g/mol. The average Bonchev–Trinajstić information content (AvgIpc) is 2.60. The highest BCUT2D eigenvalue weighted by Crippen LogP contribution is 2.54. The molecular formula is C10H14. The molecule has 0 N–H and O–H groups in total. The zero-order valence-corrected chi connectivity index (χ0v) is 6.40. The first-order chi connectivity index (χ1) is 4.95. The lowest BCUT2D eigenvalue weighted by atomic mass is 9.89. The molecule has 0 nitrogen and oxygen atoms in total. The topological polar surface area (TPSA) is 0 Å². The summed E-state index contributed by atoms with van der Waals surface area (Å²) in [7, 11) is 0. The lowest BCUT2D eigenvalue weighted by molar-refractivity contribution is 0.411. The number of fused-ring (bicyclic) bond motifs is 4. The van der Waals surface area contributed by atoms with Gasteiger partial charge in [-0.2, -0.15) is 0 Å². The van der Waals surface area contributed by atoms with Crippen molar-refractivity contribution in [3.63, 3.8) is 0 Å². The molecule has 2 fully saturated rings. The Morgan fingerprint density at radius 2 is 2.10 bits per heavy atom. The molecule has 3 aliphatic carbocycles. The van der Waals surface area contributed by atoms with E-state index in [1.54, 1.807) is 0 Å². The Labute approximate surface area is 62.3 Å². The van der Waals surface area contributed by atoms with Crippen molar-refractivity contribution in [1.82, 2.24) is 0 Å². The number of hydrogen-bond donors (Lipinski definition) is 0. The maximum Gasteiger partial charge on any atom is -0.0169 e. The molecule has 0 spiro atoms. The molecule has 0 aromatic carbocycles. The molecule has 0 aromatic rings. The second kappa shape index (κ2) is 1.66. The molecule has 0 radical (unpaired) electrons. The maximum absolute atomic E-state index is 1.91. The Hall–Kier alpha value is -0.260. The van der Waals surface area contributed by atoms with Crippen molar-refractivity contribution in [1.29, 1.82) is 0 Å². The fourth-order valence-electron chi connectivity index (χ4n) is 3.35. The minimum atomic E-state index is 1.09. The summed E-state index contributed by atoms with van der Waals surface area (Å²) in [6.07, 6.45) is 9.00. The smallest absolute Gasteiger partial charge is 0.0169 e. The van der Waals surface area contributed by atoms with E-state index in [1.165, 1.54) is 38.5 Å². The van der Waals surface area contributed by atoms with Gasteiger partial charge in [0.05, 0.1) is 0 Å². The molecule has 3 rings (SSSR count). The molecule has 0 heteroatoms. The first kappa shape index (κ1) is 5.40. The van der Waals surface area contributed by atoms with Crippen LogP contribution in [0.2, 0.25) is 0 Å². The van der Waals surface area contributed by atoms with Crippen LogP contribution in [0.5, 0.6) is 0 Å². The first-order valence-corrected chi connectivity index (χ1v) is 4.66. The van der Waals surface area contributed by atoms with Crippen molar-refractivity contribution in [2.45, 2.75) is 38.5 Å². The Morgan fingerprint density at radius 3 is 3.00 bits per heavy atom. The van der Waals surface area contributed by atoms with E-state index in [4.69, 9.17) is 0 Å². The third-order valence-electron chi connectivity index (χ3n) is 3.76. The van der Waals surface area contributed by atoms with Crippen LogP contribution in [0.3, 0.4) is 0 Å². The Morgan fingerprint density at radius 1 is 1.10 bits per heavy atom. The zero-order chi connectivity index (χ0) is 6.55. The summed E-state index contributed by atoms with van der Waals surface area (Å²) in [6.45, 7) is 0. The highest BCUT2D eigenvalue weighted by molar-refractivity contribution is 5.31. The van der Waals surface area contributed by atoms with Gasteiger partial charge >= 0.3 is 0 Å². The molecule has 0 saturated heterocycles. The molecule has 54 valence electrons. The lowest BCUT2D eigenvalue weighted by Crippen LogP contribution is -2.06. The summed E-state index contributed by atoms with van der Waals surface area (Å²) in [4.78, 5) is 0. The second-order valence-corrected chi connectivity index (χ2v) is 4.13. The molecule has 0 aromatic heterocycles. The van der Waals surface area contributed by atoms with E-state index in [0.29, 0.717) is 0 Å². The van der Waals surface area contributed by atoms with Crippen LogP contribution in [0.25, 0.3) is 0 Å². The van der Waals surface area contributed by atoms with Crippen molar-refractivity contribution < 1.29 is 0 Å². The van der Waals surface area contributed by atoms with E-state index in [2.05, 4.69) is 0 Å². The van der Waals surface area contributed by atoms with Gasteiger partial charge in [-0.25, -0.2) is 0 Å². The van der Waals surface area contributed by atoms with E-state index in [1.807, 2.05) is 11.1 Å². The minimum Gasteiger partial charge on any atom is -0.0704 e. The summed E-state index contributed by atoms with van der Waals surface area (Å²) in [5.74, 6) is 2.20. The molecule has 2 saturated carbocycles. The van der Waals surface area contributed by atoms with Gasteiger partial charge in [-0.15, -0.1) is 0 Å². The van der Waals surface area contributed by atoms with Crippen molar-refractivity contribution in [3.05, 3.63) is 11.1 Å². The number of hydrogen-bond acceptors (Lipinski definition) is 0. The third kappa shape index (κ3) is 0.492. The number of rotatable bonds is 0. The summed E-state index contributed by atoms with van der Waals surface area (Å²) in [5, 5.41) is 0. The van der Waals surface area contributed by atoms with E-state index < -0.39 is 0 Å². The van der Waals surface area contributed by atoms with Gasteiger partial charge in [0.15, 0.2) is 0 Å². The molecule has 2 atom stereocenters. The van der Waals surface area contributed by atoms with Gasteiger partial charge in [0.2, 0.25) is 0 Å². The maximum atomic E-state index is 1.91. The van der Waals surface area contributed by atoms with Crippen molar-refractivity contribution in [2.75, 3.05) is 0 Å². The monoisotopic (exact) mass is 134 g/mol. The predicted octanol–water partition coefficient (Wildman–Crippen LogP) is 2.90. The normalized spacial score (nSPS) is 43.2. The minimum absolute atomic E-state index is 1.09. The summed E-state index contributed by atoms with van der Waals surface area (Å²) in [5.41, 5.74) is 3.80. The van der Waals surface area contributed by atoms with Gasteiger partial charge in [-0.3, -0.25) is 0 Å². The summed E-state index contributed by atoms with van der Waals surface area (Å²) < 4.78 is 0. The van der Waals surface area contributed by atoms with Crippen LogP contribution in [0.4, 0.5) is 0 Å². The van der Waals surface area contributed by atoms with Crippen LogP contribution < -0.4 is 0 Å². The molecule has 2 bridgehead atoms. The number of allylic oxidation sites excluding steroid dienone is 2. The molecule has 0 heterocycles. The molecule has 0 aliphatic heterocycles. The van der Waals surface area contributed by atoms with Crippen LogP contribution >= 0.6 is 0 Å². The molecule has 0 unspecified atom stereocenters. The van der Waals surface area contributed by atoms with E-state index >= 15 is 0 Å². The standard InChI is InChI=1S/C10H14/c1-2-9-7-4-5-8(6-7)10(9)3-1/h7,9H,1-6H2/t7-,9-/m1/s1. The summed E-state index contributed by atoms with van der Waals surface area (Å²) >= 11 is 0. The van der Waals surface area contributed by atoms with E-state index in [0.717, 1.165) is 11.8 Å². The Bertz CT molecular complexity index is 200. The van der Waals surface area contributed by atoms with Crippen molar-refractivity contribution in [3.8, 4) is 0 Å². The first-order valence-electron chi connectivity index (χ1n) is 4.66. The molecule has 3 aliphatic rings. The van der Waals surface area contributed by atoms with E-state index in [-0.39, 0.29) is 0 Å². The Kier molecular flexibility index (Phi) is 0.898. The fraction of sp³-hybridized carbons (Fsp3) is 0.800. The van der Waals surface area contributed by atoms with Gasteiger partial charge in [0.1, 0.15) is 0 Å². The SMILES string of the molecule is C1CC2=C3CC[C@H](C3)[C@H]2C1. The van der Waals surface area contributed by atoms with Crippen molar-refractivity contribution in [2.24, 2.45) is 11.8 Å². The Balaban J connectivity index is 2.09. The predicted molar refractivity (Wildman–Crippen MR) is 41.7 cm³/mol. The van der Waals surface area contributed by atoms with Gasteiger partial charge < -0.3 is 0 Å². The van der Waals surface area contributed by atoms with Crippen LogP contribution in [0.1, 0.15) is 38.5 Å². The largest absolute Gasteiger partial charge is 0.0704 e. The quantitative estimate of drug-likeness (QED) is 0.447. The molecule has 0 amide bonds. The van der Waals surface area contributed by atoms with Crippen LogP contribution in [-0.4, -0.2) is 0 Å². The van der Waals surface area contributed by atoms with Crippen molar-refractivity contribution >= 4 is 0 Å². The summed E-state index contributed by atoms with van der Waals surface area (Å²) in [6, 6.07) is 0. The fourth-order valence-corrected chi connectivity index (χ4v) is 3.35. The zero-order valence-electron chi connectivity index (χ0n) is 6.40. The molecule has 10 heavy (non-hydrogen) atoms.